The van der Waals surface area contributed by atoms with Gasteiger partial charge in [0.05, 0.1) is 24.9 Å². The molecule has 2 aliphatic rings. The van der Waals surface area contributed by atoms with E-state index in [0.717, 1.165) is 35.4 Å². The molecule has 2 fully saturated rings. The summed E-state index contributed by atoms with van der Waals surface area (Å²) < 4.78 is 10.8. The average Bonchev–Trinajstić information content (AvgIpc) is 3.12. The molecule has 1 aliphatic heterocycles. The van der Waals surface area contributed by atoms with Gasteiger partial charge in [-0.3, -0.25) is 14.7 Å². The van der Waals surface area contributed by atoms with E-state index in [1.807, 2.05) is 31.2 Å². The molecule has 1 atom stereocenters. The van der Waals surface area contributed by atoms with E-state index in [0.29, 0.717) is 30.6 Å². The lowest BCUT2D eigenvalue weighted by molar-refractivity contribution is -0.116. The minimum absolute atomic E-state index is 0.0525. The Morgan fingerprint density at radius 3 is 2.78 bits per heavy atom. The lowest BCUT2D eigenvalue weighted by atomic mass is 9.87. The molecule has 1 saturated heterocycles. The molecule has 0 bridgehead atoms. The minimum atomic E-state index is -0.443. The van der Waals surface area contributed by atoms with Gasteiger partial charge < -0.3 is 20.1 Å². The van der Waals surface area contributed by atoms with Crippen LogP contribution in [0.25, 0.3) is 10.9 Å². The van der Waals surface area contributed by atoms with Crippen LogP contribution in [0.1, 0.15) is 38.3 Å². The molecule has 8 heteroatoms. The summed E-state index contributed by atoms with van der Waals surface area (Å²) in [6.45, 7) is 5.15. The molecular formula is C24H32N4O4. The van der Waals surface area contributed by atoms with E-state index in [4.69, 9.17) is 9.47 Å². The fourth-order valence-corrected chi connectivity index (χ4v) is 4.50. The Balaban J connectivity index is 1.33. The van der Waals surface area contributed by atoms with Crippen LogP contribution in [0, 0.1) is 12.8 Å². The number of pyridine rings is 1. The van der Waals surface area contributed by atoms with Gasteiger partial charge in [0.2, 0.25) is 5.91 Å². The van der Waals surface area contributed by atoms with Crippen molar-refractivity contribution in [2.75, 3.05) is 32.1 Å². The molecule has 8 nitrogen and oxygen atoms in total. The standard InChI is InChI=1S/C24H32N4O4/c1-15-4-6-17(7-5-15)25-12-19-13-28(24(30)32-19)14-23(29)27-22-10-16(2)26-21-9-8-18(31-3)11-20(21)22/h8-11,15,17,19,25H,4-7,12-14H2,1-3H3,(H,26,27,29). The number of ether oxygens (including phenoxy) is 2. The molecule has 1 unspecified atom stereocenters. The van der Waals surface area contributed by atoms with Crippen molar-refractivity contribution in [3.8, 4) is 5.75 Å². The van der Waals surface area contributed by atoms with Crippen LogP contribution in [0.5, 0.6) is 5.75 Å². The number of hydrogen-bond acceptors (Lipinski definition) is 6. The highest BCUT2D eigenvalue weighted by Crippen LogP contribution is 2.27. The summed E-state index contributed by atoms with van der Waals surface area (Å²) in [6, 6.07) is 7.85. The van der Waals surface area contributed by atoms with Crippen LogP contribution < -0.4 is 15.4 Å². The first-order valence-corrected chi connectivity index (χ1v) is 11.4. The van der Waals surface area contributed by atoms with Crippen LogP contribution in [-0.2, 0) is 9.53 Å². The van der Waals surface area contributed by atoms with Gasteiger partial charge in [-0.1, -0.05) is 6.92 Å². The Kier molecular flexibility index (Phi) is 6.79. The number of anilines is 1. The maximum absolute atomic E-state index is 12.7. The summed E-state index contributed by atoms with van der Waals surface area (Å²) in [5.41, 5.74) is 2.21. The first-order chi connectivity index (χ1) is 15.4. The maximum atomic E-state index is 12.7. The number of methoxy groups -OCH3 is 1. The summed E-state index contributed by atoms with van der Waals surface area (Å²) in [5, 5.41) is 7.25. The molecule has 2 N–H and O–H groups in total. The quantitative estimate of drug-likeness (QED) is 0.685. The normalized spacial score (nSPS) is 23.3. The summed E-state index contributed by atoms with van der Waals surface area (Å²) in [4.78, 5) is 31.0. The average molecular weight is 441 g/mol. The molecule has 1 aliphatic carbocycles. The van der Waals surface area contributed by atoms with Crippen LogP contribution >= 0.6 is 0 Å². The predicted octanol–water partition coefficient (Wildman–Crippen LogP) is 3.48. The number of fused-ring (bicyclic) bond motifs is 1. The monoisotopic (exact) mass is 440 g/mol. The Morgan fingerprint density at radius 1 is 1.25 bits per heavy atom. The maximum Gasteiger partial charge on any atom is 0.410 e. The number of amides is 2. The number of carbonyl (C=O) groups is 2. The van der Waals surface area contributed by atoms with Crippen LogP contribution in [0.2, 0.25) is 0 Å². The van der Waals surface area contributed by atoms with Gasteiger partial charge in [0.15, 0.2) is 0 Å². The van der Waals surface area contributed by atoms with Gasteiger partial charge in [-0.2, -0.15) is 0 Å². The molecule has 32 heavy (non-hydrogen) atoms. The van der Waals surface area contributed by atoms with E-state index in [-0.39, 0.29) is 18.6 Å². The predicted molar refractivity (Wildman–Crippen MR) is 123 cm³/mol. The lowest BCUT2D eigenvalue weighted by Gasteiger charge is -2.27. The summed E-state index contributed by atoms with van der Waals surface area (Å²) in [7, 11) is 1.60. The van der Waals surface area contributed by atoms with Crippen LogP contribution in [0.3, 0.4) is 0 Å². The number of nitrogens with zero attached hydrogens (tertiary/aromatic N) is 2. The fourth-order valence-electron chi connectivity index (χ4n) is 4.50. The molecule has 1 aromatic carbocycles. The number of rotatable bonds is 7. The third kappa shape index (κ3) is 5.30. The first kappa shape index (κ1) is 22.3. The molecule has 4 rings (SSSR count). The second kappa shape index (κ2) is 9.73. The first-order valence-electron chi connectivity index (χ1n) is 11.4. The number of benzene rings is 1. The summed E-state index contributed by atoms with van der Waals surface area (Å²) in [6.07, 6.45) is 4.13. The van der Waals surface area contributed by atoms with Crippen LogP contribution in [0.4, 0.5) is 10.5 Å². The van der Waals surface area contributed by atoms with E-state index >= 15 is 0 Å². The van der Waals surface area contributed by atoms with Crippen LogP contribution in [-0.4, -0.2) is 60.8 Å². The highest BCUT2D eigenvalue weighted by atomic mass is 16.6. The number of hydrogen-bond donors (Lipinski definition) is 2. The Hall–Kier alpha value is -2.87. The number of carbonyl (C=O) groups excluding carboxylic acids is 2. The van der Waals surface area contributed by atoms with E-state index in [1.165, 1.54) is 17.7 Å². The smallest absolute Gasteiger partial charge is 0.410 e. The molecule has 0 radical (unpaired) electrons. The molecule has 1 saturated carbocycles. The molecule has 2 heterocycles. The molecule has 0 spiro atoms. The third-order valence-electron chi connectivity index (χ3n) is 6.35. The fraction of sp³-hybridized carbons (Fsp3) is 0.542. The Bertz CT molecular complexity index is 987. The van der Waals surface area contributed by atoms with Crippen molar-refractivity contribution in [1.82, 2.24) is 15.2 Å². The van der Waals surface area contributed by atoms with E-state index in [9.17, 15) is 9.59 Å². The summed E-state index contributed by atoms with van der Waals surface area (Å²) >= 11 is 0. The number of cyclic esters (lactones) is 1. The Morgan fingerprint density at radius 2 is 2.03 bits per heavy atom. The van der Waals surface area contributed by atoms with Gasteiger partial charge in [0, 0.05) is 23.7 Å². The highest BCUT2D eigenvalue weighted by molar-refractivity contribution is 6.02. The van der Waals surface area contributed by atoms with Gasteiger partial charge in [0.1, 0.15) is 18.4 Å². The molecule has 2 amide bonds. The number of nitrogens with one attached hydrogen (secondary N) is 2. The van der Waals surface area contributed by atoms with Crippen molar-refractivity contribution in [3.05, 3.63) is 30.0 Å². The number of aromatic nitrogens is 1. The largest absolute Gasteiger partial charge is 0.497 e. The second-order valence-electron chi connectivity index (χ2n) is 8.99. The van der Waals surface area contributed by atoms with Gasteiger partial charge in [-0.25, -0.2) is 4.79 Å². The van der Waals surface area contributed by atoms with Gasteiger partial charge in [-0.05, 0) is 62.8 Å². The van der Waals surface area contributed by atoms with Crippen molar-refractivity contribution in [1.29, 1.82) is 0 Å². The molecule has 172 valence electrons. The van der Waals surface area contributed by atoms with E-state index in [1.54, 1.807) is 7.11 Å². The van der Waals surface area contributed by atoms with Gasteiger partial charge in [0.25, 0.3) is 0 Å². The lowest BCUT2D eigenvalue weighted by Crippen LogP contribution is -2.40. The van der Waals surface area contributed by atoms with Crippen molar-refractivity contribution in [2.24, 2.45) is 5.92 Å². The zero-order valence-electron chi connectivity index (χ0n) is 19.0. The highest BCUT2D eigenvalue weighted by Gasteiger charge is 2.33. The van der Waals surface area contributed by atoms with Crippen molar-refractivity contribution >= 4 is 28.6 Å². The molecule has 2 aromatic rings. The van der Waals surface area contributed by atoms with E-state index in [2.05, 4.69) is 22.5 Å². The zero-order chi connectivity index (χ0) is 22.7. The topological polar surface area (TPSA) is 92.8 Å². The van der Waals surface area contributed by atoms with Crippen LogP contribution in [0.15, 0.2) is 24.3 Å². The molecule has 1 aromatic heterocycles. The van der Waals surface area contributed by atoms with Gasteiger partial charge in [-0.15, -0.1) is 0 Å². The third-order valence-corrected chi connectivity index (χ3v) is 6.35. The van der Waals surface area contributed by atoms with Crippen molar-refractivity contribution in [3.63, 3.8) is 0 Å². The second-order valence-corrected chi connectivity index (χ2v) is 8.99. The zero-order valence-corrected chi connectivity index (χ0v) is 19.0. The Labute approximate surface area is 188 Å². The van der Waals surface area contributed by atoms with Gasteiger partial charge >= 0.3 is 6.09 Å². The minimum Gasteiger partial charge on any atom is -0.497 e. The summed E-state index contributed by atoms with van der Waals surface area (Å²) in [5.74, 6) is 1.21. The number of aryl methyl sites for hydroxylation is 1. The molecular weight excluding hydrogens is 408 g/mol. The SMILES string of the molecule is COc1ccc2nc(C)cc(NC(=O)CN3CC(CNC4CCC(C)CC4)OC3=O)c2c1. The van der Waals surface area contributed by atoms with E-state index < -0.39 is 6.09 Å². The van der Waals surface area contributed by atoms with Crippen molar-refractivity contribution < 1.29 is 19.1 Å². The van der Waals surface area contributed by atoms with Crippen molar-refractivity contribution in [2.45, 2.75) is 51.7 Å².